The second kappa shape index (κ2) is 3.59. The molecule has 84 valence electrons. The van der Waals surface area contributed by atoms with Gasteiger partial charge in [0.15, 0.2) is 0 Å². The molecule has 16 heavy (non-hydrogen) atoms. The number of phenolic OH excluding ortho intramolecular Hbond substituents is 1. The van der Waals surface area contributed by atoms with Crippen LogP contribution in [0.3, 0.4) is 0 Å². The molecule has 0 aliphatic heterocycles. The summed E-state index contributed by atoms with van der Waals surface area (Å²) >= 11 is 0. The molecule has 1 aliphatic rings. The second-order valence-electron chi connectivity index (χ2n) is 3.89. The summed E-state index contributed by atoms with van der Waals surface area (Å²) in [5, 5.41) is 11.8. The first kappa shape index (κ1) is 10.6. The highest BCUT2D eigenvalue weighted by molar-refractivity contribution is 6.07. The molecule has 1 fully saturated rings. The van der Waals surface area contributed by atoms with Crippen LogP contribution in [0.1, 0.15) is 12.8 Å². The van der Waals surface area contributed by atoms with Crippen LogP contribution in [0.2, 0.25) is 0 Å². The maximum absolute atomic E-state index is 12.7. The lowest BCUT2D eigenvalue weighted by atomic mass is 10.1. The molecular weight excluding hydrogens is 213 g/mol. The van der Waals surface area contributed by atoms with Crippen LogP contribution in [-0.2, 0) is 9.59 Å². The largest absolute Gasteiger partial charge is 0.506 e. The molecule has 1 amide bonds. The number of aldehydes is 1. The third-order valence-electron chi connectivity index (χ3n) is 2.67. The predicted octanol–water partition coefficient (Wildman–Crippen LogP) is 1.45. The number of aromatic hydroxyl groups is 1. The van der Waals surface area contributed by atoms with Crippen LogP contribution in [-0.4, -0.2) is 17.3 Å². The minimum atomic E-state index is -0.944. The number of hydrogen-bond acceptors (Lipinski definition) is 3. The number of rotatable bonds is 3. The smallest absolute Gasteiger partial charge is 0.237 e. The summed E-state index contributed by atoms with van der Waals surface area (Å²) in [7, 11) is 0. The maximum atomic E-state index is 12.7. The van der Waals surface area contributed by atoms with Crippen molar-refractivity contribution in [1.29, 1.82) is 0 Å². The van der Waals surface area contributed by atoms with Crippen molar-refractivity contribution in [3.63, 3.8) is 0 Å². The molecule has 1 aliphatic carbocycles. The minimum Gasteiger partial charge on any atom is -0.506 e. The Kier molecular flexibility index (Phi) is 2.38. The Labute approximate surface area is 91.1 Å². The Bertz CT molecular complexity index is 455. The van der Waals surface area contributed by atoms with E-state index in [0.717, 1.165) is 12.1 Å². The van der Waals surface area contributed by atoms with Gasteiger partial charge in [-0.15, -0.1) is 0 Å². The molecule has 0 aromatic heterocycles. The van der Waals surface area contributed by atoms with Gasteiger partial charge in [0.2, 0.25) is 5.91 Å². The first-order valence-corrected chi connectivity index (χ1v) is 4.84. The molecule has 0 radical (unpaired) electrons. The van der Waals surface area contributed by atoms with Gasteiger partial charge in [-0.2, -0.15) is 0 Å². The van der Waals surface area contributed by atoms with Gasteiger partial charge in [-0.1, -0.05) is 0 Å². The van der Waals surface area contributed by atoms with Gasteiger partial charge in [-0.25, -0.2) is 4.39 Å². The van der Waals surface area contributed by atoms with Crippen molar-refractivity contribution < 1.29 is 19.1 Å². The van der Waals surface area contributed by atoms with E-state index in [4.69, 9.17) is 0 Å². The number of carbonyl (C=O) groups is 2. The Morgan fingerprint density at radius 2 is 2.19 bits per heavy atom. The molecule has 2 N–H and O–H groups in total. The summed E-state index contributed by atoms with van der Waals surface area (Å²) in [4.78, 5) is 22.3. The fourth-order valence-electron chi connectivity index (χ4n) is 1.39. The van der Waals surface area contributed by atoms with Crippen molar-refractivity contribution in [3.8, 4) is 5.75 Å². The lowest BCUT2D eigenvalue weighted by molar-refractivity contribution is -0.126. The molecule has 1 aromatic carbocycles. The number of amides is 1. The van der Waals surface area contributed by atoms with E-state index < -0.39 is 17.1 Å². The van der Waals surface area contributed by atoms with Gasteiger partial charge in [0.25, 0.3) is 0 Å². The van der Waals surface area contributed by atoms with Crippen LogP contribution in [0, 0.1) is 11.2 Å². The molecule has 4 nitrogen and oxygen atoms in total. The van der Waals surface area contributed by atoms with Crippen LogP contribution in [0.4, 0.5) is 10.1 Å². The fraction of sp³-hybridized carbons (Fsp3) is 0.273. The third kappa shape index (κ3) is 1.76. The Morgan fingerprint density at radius 3 is 2.69 bits per heavy atom. The van der Waals surface area contributed by atoms with Crippen LogP contribution >= 0.6 is 0 Å². The van der Waals surface area contributed by atoms with Crippen molar-refractivity contribution >= 4 is 17.9 Å². The van der Waals surface area contributed by atoms with Crippen molar-refractivity contribution in [3.05, 3.63) is 24.0 Å². The standard InChI is InChI=1S/C11H10FNO3/c12-7-1-2-8(9(15)5-7)13-10(16)11(6-14)3-4-11/h1-2,5-6,15H,3-4H2,(H,13,16). The molecule has 1 saturated carbocycles. The number of hydrogen-bond donors (Lipinski definition) is 2. The van der Waals surface area contributed by atoms with E-state index in [-0.39, 0.29) is 11.4 Å². The average Bonchev–Trinajstić information content (AvgIpc) is 3.03. The molecule has 2 rings (SSSR count). The minimum absolute atomic E-state index is 0.111. The molecule has 0 unspecified atom stereocenters. The average molecular weight is 223 g/mol. The highest BCUT2D eigenvalue weighted by atomic mass is 19.1. The van der Waals surface area contributed by atoms with Crippen LogP contribution < -0.4 is 5.32 Å². The normalized spacial score (nSPS) is 16.6. The van der Waals surface area contributed by atoms with Gasteiger partial charge in [0.05, 0.1) is 5.69 Å². The van der Waals surface area contributed by atoms with E-state index in [0.29, 0.717) is 19.1 Å². The zero-order chi connectivity index (χ0) is 11.8. The van der Waals surface area contributed by atoms with E-state index in [1.165, 1.54) is 6.07 Å². The molecular formula is C11H10FNO3. The number of benzene rings is 1. The quantitative estimate of drug-likeness (QED) is 0.463. The number of phenols is 1. The summed E-state index contributed by atoms with van der Waals surface area (Å²) < 4.78 is 12.7. The summed E-state index contributed by atoms with van der Waals surface area (Å²) in [5.41, 5.74) is -0.833. The van der Waals surface area contributed by atoms with E-state index in [9.17, 15) is 19.1 Å². The van der Waals surface area contributed by atoms with Gasteiger partial charge in [-0.3, -0.25) is 4.79 Å². The number of halogens is 1. The zero-order valence-electron chi connectivity index (χ0n) is 8.37. The highest BCUT2D eigenvalue weighted by Crippen LogP contribution is 2.44. The summed E-state index contributed by atoms with van der Waals surface area (Å²) in [6.07, 6.45) is 1.65. The van der Waals surface area contributed by atoms with Crippen LogP contribution in [0.5, 0.6) is 5.75 Å². The zero-order valence-corrected chi connectivity index (χ0v) is 8.37. The van der Waals surface area contributed by atoms with Crippen LogP contribution in [0.25, 0.3) is 0 Å². The SMILES string of the molecule is O=CC1(C(=O)Nc2ccc(F)cc2O)CC1. The van der Waals surface area contributed by atoms with Gasteiger partial charge < -0.3 is 15.2 Å². The predicted molar refractivity (Wildman–Crippen MR) is 54.4 cm³/mol. The van der Waals surface area contributed by atoms with Crippen molar-refractivity contribution in [2.24, 2.45) is 5.41 Å². The van der Waals surface area contributed by atoms with Crippen molar-refractivity contribution in [2.45, 2.75) is 12.8 Å². The first-order valence-electron chi connectivity index (χ1n) is 4.84. The Morgan fingerprint density at radius 1 is 1.50 bits per heavy atom. The molecule has 0 spiro atoms. The maximum Gasteiger partial charge on any atom is 0.237 e. The second-order valence-corrected chi connectivity index (χ2v) is 3.89. The number of carbonyl (C=O) groups excluding carboxylic acids is 2. The molecule has 5 heteroatoms. The van der Waals surface area contributed by atoms with Gasteiger partial charge >= 0.3 is 0 Å². The first-order chi connectivity index (χ1) is 7.57. The van der Waals surface area contributed by atoms with Crippen LogP contribution in [0.15, 0.2) is 18.2 Å². The van der Waals surface area contributed by atoms with Gasteiger partial charge in [-0.05, 0) is 25.0 Å². The van der Waals surface area contributed by atoms with Gasteiger partial charge in [0.1, 0.15) is 23.3 Å². The van der Waals surface area contributed by atoms with Crippen molar-refractivity contribution in [1.82, 2.24) is 0 Å². The van der Waals surface area contributed by atoms with E-state index in [1.807, 2.05) is 0 Å². The lowest BCUT2D eigenvalue weighted by Gasteiger charge is -2.10. The molecule has 0 bridgehead atoms. The molecule has 1 aromatic rings. The summed E-state index contributed by atoms with van der Waals surface area (Å²) in [6, 6.07) is 3.27. The highest BCUT2D eigenvalue weighted by Gasteiger charge is 2.50. The van der Waals surface area contributed by atoms with Crippen molar-refractivity contribution in [2.75, 3.05) is 5.32 Å². The van der Waals surface area contributed by atoms with E-state index in [1.54, 1.807) is 0 Å². The molecule has 0 saturated heterocycles. The summed E-state index contributed by atoms with van der Waals surface area (Å²) in [6.45, 7) is 0. The Hall–Kier alpha value is -1.91. The topological polar surface area (TPSA) is 66.4 Å². The van der Waals surface area contributed by atoms with E-state index >= 15 is 0 Å². The van der Waals surface area contributed by atoms with Gasteiger partial charge in [0, 0.05) is 6.07 Å². The molecule has 0 heterocycles. The third-order valence-corrected chi connectivity index (χ3v) is 2.67. The molecule has 0 atom stereocenters. The monoisotopic (exact) mass is 223 g/mol. The number of anilines is 1. The lowest BCUT2D eigenvalue weighted by Crippen LogP contribution is -2.25. The van der Waals surface area contributed by atoms with E-state index in [2.05, 4.69) is 5.32 Å². The Balaban J connectivity index is 2.15. The fourth-order valence-corrected chi connectivity index (χ4v) is 1.39. The summed E-state index contributed by atoms with van der Waals surface area (Å²) in [5.74, 6) is -1.40. The number of nitrogens with one attached hydrogen (secondary N) is 1.